The van der Waals surface area contributed by atoms with Crippen LogP contribution in [0, 0.1) is 6.92 Å². The molecule has 10 nitrogen and oxygen atoms in total. The number of nitrogens with zero attached hydrogens (tertiary/aromatic N) is 4. The van der Waals surface area contributed by atoms with E-state index >= 15 is 0 Å². The van der Waals surface area contributed by atoms with Crippen LogP contribution in [-0.4, -0.2) is 46.7 Å². The molecule has 1 aliphatic rings. The summed E-state index contributed by atoms with van der Waals surface area (Å²) in [5.41, 5.74) is 7.80. The number of ether oxygens (including phenoxy) is 1. The first-order valence-corrected chi connectivity index (χ1v) is 12.9. The van der Waals surface area contributed by atoms with Crippen molar-refractivity contribution in [2.45, 2.75) is 44.1 Å². The van der Waals surface area contributed by atoms with Gasteiger partial charge in [-0.15, -0.1) is 0 Å². The van der Waals surface area contributed by atoms with Crippen LogP contribution in [0.15, 0.2) is 53.4 Å². The van der Waals surface area contributed by atoms with E-state index in [-0.39, 0.29) is 34.8 Å². The molecule has 3 aromatic rings. The van der Waals surface area contributed by atoms with Gasteiger partial charge in [0.15, 0.2) is 12.4 Å². The second kappa shape index (κ2) is 10.8. The van der Waals surface area contributed by atoms with Gasteiger partial charge in [0.1, 0.15) is 0 Å². The first-order chi connectivity index (χ1) is 16.8. The average molecular weight is 497 g/mol. The standard InChI is InChI=1S/C24H28N6O4S/c1-17-9-11-19(12-10-17)26-24-28-21(27-23(25)29-24)16-34-22(31)18-7-6-8-20(15-18)35(32,33)30-13-4-2-3-5-14-30/h6-12,15H,2-5,13-14,16H2,1H3,(H3,25,26,27,28,29). The van der Waals surface area contributed by atoms with Crippen molar-refractivity contribution < 1.29 is 17.9 Å². The maximum absolute atomic E-state index is 13.1. The predicted octanol–water partition coefficient (Wildman–Crippen LogP) is 3.43. The summed E-state index contributed by atoms with van der Waals surface area (Å²) in [6, 6.07) is 13.5. The van der Waals surface area contributed by atoms with Gasteiger partial charge in [-0.3, -0.25) is 0 Å². The Kier molecular flexibility index (Phi) is 7.57. The third-order valence-corrected chi connectivity index (χ3v) is 7.51. The fraction of sp³-hybridized carbons (Fsp3) is 0.333. The number of anilines is 3. The molecule has 1 saturated heterocycles. The fourth-order valence-electron chi connectivity index (χ4n) is 3.75. The summed E-state index contributed by atoms with van der Waals surface area (Å²) >= 11 is 0. The van der Waals surface area contributed by atoms with Crippen molar-refractivity contribution in [3.05, 3.63) is 65.5 Å². The van der Waals surface area contributed by atoms with Crippen molar-refractivity contribution in [3.8, 4) is 0 Å². The molecule has 3 N–H and O–H groups in total. The molecule has 4 rings (SSSR count). The molecule has 0 amide bonds. The Hall–Kier alpha value is -3.57. The molecule has 0 unspecified atom stereocenters. The first-order valence-electron chi connectivity index (χ1n) is 11.4. The van der Waals surface area contributed by atoms with Gasteiger partial charge in [-0.1, -0.05) is 36.6 Å². The Labute approximate surface area is 204 Å². The van der Waals surface area contributed by atoms with Crippen LogP contribution < -0.4 is 11.1 Å². The number of hydrogen-bond acceptors (Lipinski definition) is 9. The van der Waals surface area contributed by atoms with E-state index in [0.717, 1.165) is 36.9 Å². The lowest BCUT2D eigenvalue weighted by atomic mass is 10.2. The molecule has 0 spiro atoms. The Balaban J connectivity index is 1.44. The highest BCUT2D eigenvalue weighted by molar-refractivity contribution is 7.89. The third kappa shape index (κ3) is 6.31. The number of hydrogen-bond donors (Lipinski definition) is 2. The SMILES string of the molecule is Cc1ccc(Nc2nc(N)nc(COC(=O)c3cccc(S(=O)(=O)N4CCCCCC4)c3)n2)cc1. The van der Waals surface area contributed by atoms with Gasteiger partial charge in [-0.25, -0.2) is 13.2 Å². The minimum Gasteiger partial charge on any atom is -0.454 e. The van der Waals surface area contributed by atoms with Gasteiger partial charge in [0.05, 0.1) is 10.5 Å². The number of aromatic nitrogens is 3. The molecule has 35 heavy (non-hydrogen) atoms. The lowest BCUT2D eigenvalue weighted by molar-refractivity contribution is 0.0462. The van der Waals surface area contributed by atoms with Gasteiger partial charge in [0.25, 0.3) is 0 Å². The zero-order valence-corrected chi connectivity index (χ0v) is 20.3. The molecular formula is C24H28N6O4S. The maximum atomic E-state index is 13.1. The summed E-state index contributed by atoms with van der Waals surface area (Å²) < 4.78 is 33.0. The molecule has 1 aromatic heterocycles. The van der Waals surface area contributed by atoms with Crippen LogP contribution in [0.25, 0.3) is 0 Å². The Morgan fingerprint density at radius 1 is 1.03 bits per heavy atom. The average Bonchev–Trinajstić information content (AvgIpc) is 3.14. The topological polar surface area (TPSA) is 140 Å². The molecule has 11 heteroatoms. The number of carbonyl (C=O) groups excluding carboxylic acids is 1. The van der Waals surface area contributed by atoms with E-state index < -0.39 is 16.0 Å². The number of nitrogens with one attached hydrogen (secondary N) is 1. The molecular weight excluding hydrogens is 468 g/mol. The second-order valence-electron chi connectivity index (χ2n) is 8.35. The van der Waals surface area contributed by atoms with Crippen LogP contribution in [-0.2, 0) is 21.4 Å². The van der Waals surface area contributed by atoms with Gasteiger partial charge >= 0.3 is 5.97 Å². The summed E-state index contributed by atoms with van der Waals surface area (Å²) in [4.78, 5) is 25.1. The zero-order chi connectivity index (χ0) is 24.8. The highest BCUT2D eigenvalue weighted by atomic mass is 32.2. The van der Waals surface area contributed by atoms with Crippen molar-refractivity contribution in [2.24, 2.45) is 0 Å². The lowest BCUT2D eigenvalue weighted by Gasteiger charge is -2.20. The maximum Gasteiger partial charge on any atom is 0.338 e. The summed E-state index contributed by atoms with van der Waals surface area (Å²) in [6.45, 7) is 2.70. The number of esters is 1. The van der Waals surface area contributed by atoms with E-state index in [1.54, 1.807) is 0 Å². The van der Waals surface area contributed by atoms with Crippen LogP contribution in [0.4, 0.5) is 17.6 Å². The van der Waals surface area contributed by atoms with E-state index in [2.05, 4.69) is 20.3 Å². The smallest absolute Gasteiger partial charge is 0.338 e. The molecule has 0 bridgehead atoms. The highest BCUT2D eigenvalue weighted by Gasteiger charge is 2.26. The van der Waals surface area contributed by atoms with Crippen molar-refractivity contribution in [1.82, 2.24) is 19.3 Å². The quantitative estimate of drug-likeness (QED) is 0.471. The number of benzene rings is 2. The normalized spacial score (nSPS) is 14.8. The molecule has 0 aliphatic carbocycles. The van der Waals surface area contributed by atoms with E-state index in [0.29, 0.717) is 13.1 Å². The first kappa shape index (κ1) is 24.6. The summed E-state index contributed by atoms with van der Waals surface area (Å²) in [5, 5.41) is 3.04. The van der Waals surface area contributed by atoms with Crippen molar-refractivity contribution in [2.75, 3.05) is 24.1 Å². The Bertz CT molecular complexity index is 1290. The van der Waals surface area contributed by atoms with Gasteiger partial charge in [-0.2, -0.15) is 19.3 Å². The molecule has 184 valence electrons. The summed E-state index contributed by atoms with van der Waals surface area (Å²) in [6.07, 6.45) is 3.69. The Morgan fingerprint density at radius 2 is 1.74 bits per heavy atom. The molecule has 0 saturated carbocycles. The predicted molar refractivity (Wildman–Crippen MR) is 131 cm³/mol. The van der Waals surface area contributed by atoms with E-state index in [4.69, 9.17) is 10.5 Å². The molecule has 1 fully saturated rings. The van der Waals surface area contributed by atoms with Crippen LogP contribution >= 0.6 is 0 Å². The molecule has 0 atom stereocenters. The monoisotopic (exact) mass is 496 g/mol. The molecule has 2 heterocycles. The third-order valence-electron chi connectivity index (χ3n) is 5.61. The van der Waals surface area contributed by atoms with Crippen molar-refractivity contribution in [3.63, 3.8) is 0 Å². The van der Waals surface area contributed by atoms with Gasteiger partial charge < -0.3 is 15.8 Å². The second-order valence-corrected chi connectivity index (χ2v) is 10.3. The van der Waals surface area contributed by atoms with Crippen LogP contribution in [0.2, 0.25) is 0 Å². The minimum atomic E-state index is -3.68. The molecule has 1 aliphatic heterocycles. The van der Waals surface area contributed by atoms with Crippen LogP contribution in [0.3, 0.4) is 0 Å². The molecule has 2 aromatic carbocycles. The minimum absolute atomic E-state index is 0.0220. The number of nitrogens with two attached hydrogens (primary N) is 1. The van der Waals surface area contributed by atoms with Crippen LogP contribution in [0.5, 0.6) is 0 Å². The fourth-order valence-corrected chi connectivity index (χ4v) is 5.32. The summed E-state index contributed by atoms with van der Waals surface area (Å²) in [7, 11) is -3.68. The van der Waals surface area contributed by atoms with E-state index in [1.165, 1.54) is 28.6 Å². The van der Waals surface area contributed by atoms with E-state index in [1.807, 2.05) is 31.2 Å². The largest absolute Gasteiger partial charge is 0.454 e. The summed E-state index contributed by atoms with van der Waals surface area (Å²) in [5.74, 6) is -0.331. The number of nitrogen functional groups attached to an aromatic ring is 1. The van der Waals surface area contributed by atoms with Crippen LogP contribution in [0.1, 0.15) is 47.4 Å². The number of aryl methyl sites for hydroxylation is 1. The van der Waals surface area contributed by atoms with E-state index in [9.17, 15) is 13.2 Å². The zero-order valence-electron chi connectivity index (χ0n) is 19.5. The Morgan fingerprint density at radius 3 is 2.46 bits per heavy atom. The highest BCUT2D eigenvalue weighted by Crippen LogP contribution is 2.22. The van der Waals surface area contributed by atoms with Crippen molar-refractivity contribution in [1.29, 1.82) is 0 Å². The lowest BCUT2D eigenvalue weighted by Crippen LogP contribution is -2.32. The molecule has 0 radical (unpaired) electrons. The number of carbonyl (C=O) groups is 1. The van der Waals surface area contributed by atoms with Gasteiger partial charge in [-0.05, 0) is 50.1 Å². The number of sulfonamides is 1. The van der Waals surface area contributed by atoms with Gasteiger partial charge in [0.2, 0.25) is 21.9 Å². The van der Waals surface area contributed by atoms with Gasteiger partial charge in [0, 0.05) is 18.8 Å². The van der Waals surface area contributed by atoms with Crippen molar-refractivity contribution >= 4 is 33.6 Å². The number of rotatable bonds is 7.